The number of nitrogens with zero attached hydrogens (tertiary/aromatic N) is 5. The first-order chi connectivity index (χ1) is 9.61. The van der Waals surface area contributed by atoms with Crippen LogP contribution >= 0.6 is 11.6 Å². The predicted octanol–water partition coefficient (Wildman–Crippen LogP) is 1.72. The minimum absolute atomic E-state index is 0.0561. The van der Waals surface area contributed by atoms with Crippen LogP contribution in [0.4, 0.5) is 11.9 Å². The molecule has 1 N–H and O–H groups in total. The third kappa shape index (κ3) is 3.70. The van der Waals surface area contributed by atoms with Crippen LogP contribution in [0, 0.1) is 0 Å². The van der Waals surface area contributed by atoms with E-state index in [4.69, 9.17) is 11.6 Å². The van der Waals surface area contributed by atoms with Gasteiger partial charge in [-0.15, -0.1) is 0 Å². The second-order valence-electron chi connectivity index (χ2n) is 5.26. The van der Waals surface area contributed by atoms with Crippen molar-refractivity contribution in [3.8, 4) is 0 Å². The number of aliphatic hydroxyl groups is 1. The predicted molar refractivity (Wildman–Crippen MR) is 80.5 cm³/mol. The first-order valence-electron chi connectivity index (χ1n) is 7.16. The van der Waals surface area contributed by atoms with Crippen molar-refractivity contribution < 1.29 is 5.11 Å². The third-order valence-corrected chi connectivity index (χ3v) is 3.61. The molecule has 0 atom stereocenters. The standard InChI is InChI=1S/C13H22ClN5O/c1-10(2)19(8-9-20)13-16-11(14)15-12(17-13)18-6-4-3-5-7-18/h10,20H,3-9H2,1-2H3. The van der Waals surface area contributed by atoms with Gasteiger partial charge < -0.3 is 14.9 Å². The van der Waals surface area contributed by atoms with Gasteiger partial charge in [-0.3, -0.25) is 0 Å². The number of hydrogen-bond acceptors (Lipinski definition) is 6. The molecule has 6 nitrogen and oxygen atoms in total. The molecule has 1 saturated heterocycles. The number of halogens is 1. The summed E-state index contributed by atoms with van der Waals surface area (Å²) in [6, 6.07) is 0.190. The summed E-state index contributed by atoms with van der Waals surface area (Å²) in [5.41, 5.74) is 0. The summed E-state index contributed by atoms with van der Waals surface area (Å²) in [7, 11) is 0. The largest absolute Gasteiger partial charge is 0.395 e. The van der Waals surface area contributed by atoms with Crippen LogP contribution in [0.1, 0.15) is 33.1 Å². The number of aliphatic hydroxyl groups excluding tert-OH is 1. The minimum atomic E-state index is 0.0561. The van der Waals surface area contributed by atoms with E-state index in [1.165, 1.54) is 6.42 Å². The molecule has 7 heteroatoms. The van der Waals surface area contributed by atoms with Crippen molar-refractivity contribution in [3.63, 3.8) is 0 Å². The van der Waals surface area contributed by atoms with E-state index in [2.05, 4.69) is 19.9 Å². The van der Waals surface area contributed by atoms with E-state index in [1.807, 2.05) is 18.7 Å². The molecule has 0 aromatic carbocycles. The molecule has 1 aromatic heterocycles. The third-order valence-electron chi connectivity index (χ3n) is 3.44. The van der Waals surface area contributed by atoms with Gasteiger partial charge >= 0.3 is 0 Å². The zero-order valence-electron chi connectivity index (χ0n) is 12.1. The van der Waals surface area contributed by atoms with E-state index < -0.39 is 0 Å². The van der Waals surface area contributed by atoms with Crippen molar-refractivity contribution in [2.24, 2.45) is 0 Å². The van der Waals surface area contributed by atoms with E-state index in [0.29, 0.717) is 18.4 Å². The fraction of sp³-hybridized carbons (Fsp3) is 0.769. The topological polar surface area (TPSA) is 65.4 Å². The Kier molecular flexibility index (Phi) is 5.37. The molecular formula is C13H22ClN5O. The van der Waals surface area contributed by atoms with Crippen molar-refractivity contribution in [2.75, 3.05) is 36.0 Å². The molecule has 2 rings (SSSR count). The van der Waals surface area contributed by atoms with Gasteiger partial charge in [0.15, 0.2) is 0 Å². The SMILES string of the molecule is CC(C)N(CCO)c1nc(Cl)nc(N2CCCCC2)n1. The average Bonchev–Trinajstić information content (AvgIpc) is 2.44. The highest BCUT2D eigenvalue weighted by Crippen LogP contribution is 2.21. The lowest BCUT2D eigenvalue weighted by atomic mass is 10.1. The first kappa shape index (κ1) is 15.3. The minimum Gasteiger partial charge on any atom is -0.395 e. The molecule has 0 unspecified atom stereocenters. The fourth-order valence-electron chi connectivity index (χ4n) is 2.39. The smallest absolute Gasteiger partial charge is 0.231 e. The molecule has 1 aliphatic rings. The molecule has 0 aliphatic carbocycles. The number of piperidine rings is 1. The Labute approximate surface area is 124 Å². The van der Waals surface area contributed by atoms with Gasteiger partial charge in [0, 0.05) is 25.7 Å². The van der Waals surface area contributed by atoms with E-state index >= 15 is 0 Å². The molecule has 1 aliphatic heterocycles. The lowest BCUT2D eigenvalue weighted by Gasteiger charge is -2.29. The van der Waals surface area contributed by atoms with Crippen LogP contribution in [0.5, 0.6) is 0 Å². The molecule has 112 valence electrons. The summed E-state index contributed by atoms with van der Waals surface area (Å²) >= 11 is 6.04. The van der Waals surface area contributed by atoms with Crippen LogP contribution in [0.3, 0.4) is 0 Å². The molecule has 0 radical (unpaired) electrons. The molecule has 0 amide bonds. The molecule has 1 aromatic rings. The van der Waals surface area contributed by atoms with Gasteiger partial charge in [0.1, 0.15) is 0 Å². The van der Waals surface area contributed by atoms with Gasteiger partial charge in [-0.25, -0.2) is 0 Å². The summed E-state index contributed by atoms with van der Waals surface area (Å²) in [4.78, 5) is 17.1. The van der Waals surface area contributed by atoms with Gasteiger partial charge in [0.05, 0.1) is 6.61 Å². The highest BCUT2D eigenvalue weighted by atomic mass is 35.5. The van der Waals surface area contributed by atoms with E-state index in [0.717, 1.165) is 25.9 Å². The van der Waals surface area contributed by atoms with E-state index in [-0.39, 0.29) is 17.9 Å². The van der Waals surface area contributed by atoms with Crippen LogP contribution in [-0.2, 0) is 0 Å². The lowest BCUT2D eigenvalue weighted by molar-refractivity contribution is 0.298. The Hall–Kier alpha value is -1.14. The number of aromatic nitrogens is 3. The van der Waals surface area contributed by atoms with Crippen LogP contribution in [0.15, 0.2) is 0 Å². The maximum Gasteiger partial charge on any atom is 0.231 e. The van der Waals surface area contributed by atoms with Crippen molar-refractivity contribution in [1.29, 1.82) is 0 Å². The Morgan fingerprint density at radius 2 is 1.90 bits per heavy atom. The van der Waals surface area contributed by atoms with E-state index in [1.54, 1.807) is 0 Å². The zero-order valence-corrected chi connectivity index (χ0v) is 12.8. The summed E-state index contributed by atoms with van der Waals surface area (Å²) in [5.74, 6) is 1.18. The fourth-order valence-corrected chi connectivity index (χ4v) is 2.54. The monoisotopic (exact) mass is 299 g/mol. The molecule has 0 spiro atoms. The van der Waals surface area contributed by atoms with Gasteiger partial charge in [0.25, 0.3) is 0 Å². The number of rotatable bonds is 5. The van der Waals surface area contributed by atoms with Gasteiger partial charge in [-0.05, 0) is 44.7 Å². The Morgan fingerprint density at radius 1 is 1.20 bits per heavy atom. The maximum absolute atomic E-state index is 9.18. The maximum atomic E-state index is 9.18. The molecule has 20 heavy (non-hydrogen) atoms. The summed E-state index contributed by atoms with van der Waals surface area (Å²) in [5, 5.41) is 9.39. The van der Waals surface area contributed by atoms with Crippen LogP contribution in [0.2, 0.25) is 5.28 Å². The lowest BCUT2D eigenvalue weighted by Crippen LogP contribution is -2.36. The number of hydrogen-bond donors (Lipinski definition) is 1. The molecule has 1 fully saturated rings. The molecule has 0 saturated carbocycles. The molecule has 2 heterocycles. The van der Waals surface area contributed by atoms with Crippen LogP contribution < -0.4 is 9.80 Å². The first-order valence-corrected chi connectivity index (χ1v) is 7.53. The Balaban J connectivity index is 2.26. The Morgan fingerprint density at radius 3 is 2.50 bits per heavy atom. The summed E-state index contributed by atoms with van der Waals surface area (Å²) in [6.45, 7) is 6.53. The van der Waals surface area contributed by atoms with Gasteiger partial charge in [0.2, 0.25) is 17.2 Å². The average molecular weight is 300 g/mol. The quantitative estimate of drug-likeness (QED) is 0.893. The normalized spacial score (nSPS) is 15.8. The summed E-state index contributed by atoms with van der Waals surface area (Å²) < 4.78 is 0. The van der Waals surface area contributed by atoms with Gasteiger partial charge in [-0.1, -0.05) is 0 Å². The van der Waals surface area contributed by atoms with Crippen LogP contribution in [-0.4, -0.2) is 52.3 Å². The zero-order chi connectivity index (χ0) is 14.5. The van der Waals surface area contributed by atoms with Crippen molar-refractivity contribution in [2.45, 2.75) is 39.2 Å². The van der Waals surface area contributed by atoms with Crippen LogP contribution in [0.25, 0.3) is 0 Å². The van der Waals surface area contributed by atoms with Gasteiger partial charge in [-0.2, -0.15) is 15.0 Å². The van der Waals surface area contributed by atoms with Crippen molar-refractivity contribution in [3.05, 3.63) is 5.28 Å². The highest BCUT2D eigenvalue weighted by molar-refractivity contribution is 6.28. The second-order valence-corrected chi connectivity index (χ2v) is 5.60. The van der Waals surface area contributed by atoms with Crippen molar-refractivity contribution >= 4 is 23.5 Å². The molecule has 0 bridgehead atoms. The molecular weight excluding hydrogens is 278 g/mol. The van der Waals surface area contributed by atoms with E-state index in [9.17, 15) is 5.11 Å². The van der Waals surface area contributed by atoms with Crippen molar-refractivity contribution in [1.82, 2.24) is 15.0 Å². The summed E-state index contributed by atoms with van der Waals surface area (Å²) in [6.07, 6.45) is 3.57. The number of anilines is 2. The second kappa shape index (κ2) is 7.04. The highest BCUT2D eigenvalue weighted by Gasteiger charge is 2.19. The Bertz CT molecular complexity index is 437.